The van der Waals surface area contributed by atoms with Crippen LogP contribution < -0.4 is 5.32 Å². The molecule has 0 aromatic heterocycles. The quantitative estimate of drug-likeness (QED) is 0.574. The van der Waals surface area contributed by atoms with E-state index in [0.717, 1.165) is 11.3 Å². The molecular weight excluding hydrogens is 318 g/mol. The van der Waals surface area contributed by atoms with Crippen LogP contribution in [0.3, 0.4) is 0 Å². The van der Waals surface area contributed by atoms with E-state index in [1.165, 1.54) is 0 Å². The molecule has 1 N–H and O–H groups in total. The maximum Gasteiger partial charge on any atom is 0.340 e. The molecule has 0 heterocycles. The summed E-state index contributed by atoms with van der Waals surface area (Å²) in [6.45, 7) is 3.45. The van der Waals surface area contributed by atoms with Crippen LogP contribution in [0, 0.1) is 0 Å². The molecule has 6 nitrogen and oxygen atoms in total. The summed E-state index contributed by atoms with van der Waals surface area (Å²) in [5, 5.41) is 2.36. The number of esters is 2. The normalized spacial score (nSPS) is 10.3. The van der Waals surface area contributed by atoms with Gasteiger partial charge in [-0.1, -0.05) is 12.1 Å². The maximum absolute atomic E-state index is 12.2. The largest absolute Gasteiger partial charge is 0.464 e. The van der Waals surface area contributed by atoms with Crippen molar-refractivity contribution in [1.82, 2.24) is 5.32 Å². The van der Waals surface area contributed by atoms with Gasteiger partial charge in [-0.3, -0.25) is 4.79 Å². The molecule has 0 saturated carbocycles. The number of benzene rings is 1. The highest BCUT2D eigenvalue weighted by atomic mass is 32.2. The maximum atomic E-state index is 12.2. The summed E-state index contributed by atoms with van der Waals surface area (Å²) in [6, 6.07) is 5.49. The number of hydrogen-bond donors (Lipinski definition) is 1. The van der Waals surface area contributed by atoms with Crippen LogP contribution in [0.1, 0.15) is 29.8 Å². The first kappa shape index (κ1) is 19.0. The summed E-state index contributed by atoms with van der Waals surface area (Å²) in [5.41, 5.74) is 1.44. The Morgan fingerprint density at radius 1 is 1.04 bits per heavy atom. The Kier molecular flexibility index (Phi) is 8.18. The Morgan fingerprint density at radius 3 is 2.00 bits per heavy atom. The highest BCUT2D eigenvalue weighted by molar-refractivity contribution is 7.97. The van der Waals surface area contributed by atoms with Crippen molar-refractivity contribution in [3.05, 3.63) is 35.4 Å². The fourth-order valence-corrected chi connectivity index (χ4v) is 2.32. The number of rotatable bonds is 8. The van der Waals surface area contributed by atoms with Gasteiger partial charge in [-0.15, -0.1) is 0 Å². The zero-order chi connectivity index (χ0) is 17.2. The van der Waals surface area contributed by atoms with Crippen LogP contribution in [0.5, 0.6) is 0 Å². The van der Waals surface area contributed by atoms with Gasteiger partial charge in [0.25, 0.3) is 5.91 Å². The van der Waals surface area contributed by atoms with Crippen molar-refractivity contribution in [2.24, 2.45) is 0 Å². The number of hydrogen-bond acceptors (Lipinski definition) is 6. The number of amides is 1. The Bertz CT molecular complexity index is 526. The molecule has 0 spiro atoms. The first-order valence-electron chi connectivity index (χ1n) is 7.25. The van der Waals surface area contributed by atoms with Gasteiger partial charge in [0.15, 0.2) is 0 Å². The first-order chi connectivity index (χ1) is 11.0. The number of carbonyl (C=O) groups excluding carboxylic acids is 3. The van der Waals surface area contributed by atoms with Crippen molar-refractivity contribution in [1.29, 1.82) is 0 Å². The van der Waals surface area contributed by atoms with E-state index in [2.05, 4.69) is 5.32 Å². The van der Waals surface area contributed by atoms with E-state index < -0.39 is 23.9 Å². The van der Waals surface area contributed by atoms with Crippen molar-refractivity contribution in [3.63, 3.8) is 0 Å². The summed E-state index contributed by atoms with van der Waals surface area (Å²) >= 11 is 1.68. The average molecular weight is 339 g/mol. The summed E-state index contributed by atoms with van der Waals surface area (Å²) in [7, 11) is 0. The second-order valence-electron chi connectivity index (χ2n) is 4.54. The molecule has 0 atom stereocenters. The van der Waals surface area contributed by atoms with Crippen LogP contribution in [0.15, 0.2) is 24.3 Å². The minimum absolute atomic E-state index is 0.105. The summed E-state index contributed by atoms with van der Waals surface area (Å²) < 4.78 is 9.60. The third kappa shape index (κ3) is 5.94. The van der Waals surface area contributed by atoms with Crippen LogP contribution in [-0.2, 0) is 24.8 Å². The van der Waals surface area contributed by atoms with Gasteiger partial charge >= 0.3 is 11.9 Å². The molecule has 7 heteroatoms. The van der Waals surface area contributed by atoms with E-state index in [1.807, 2.05) is 18.4 Å². The zero-order valence-electron chi connectivity index (χ0n) is 13.5. The predicted octanol–water partition coefficient (Wildman–Crippen LogP) is 1.77. The molecule has 1 aromatic carbocycles. The van der Waals surface area contributed by atoms with Crippen molar-refractivity contribution >= 4 is 29.6 Å². The number of carbonyl (C=O) groups is 3. The van der Waals surface area contributed by atoms with Crippen LogP contribution in [0.25, 0.3) is 0 Å². The highest BCUT2D eigenvalue weighted by Crippen LogP contribution is 2.11. The van der Waals surface area contributed by atoms with Crippen LogP contribution in [0.4, 0.5) is 0 Å². The second kappa shape index (κ2) is 9.89. The van der Waals surface area contributed by atoms with Gasteiger partial charge in [0.1, 0.15) is 0 Å². The summed E-state index contributed by atoms with van der Waals surface area (Å²) in [4.78, 5) is 35.9. The van der Waals surface area contributed by atoms with E-state index in [0.29, 0.717) is 5.56 Å². The fourth-order valence-electron chi connectivity index (χ4n) is 1.80. The SMILES string of the molecule is CCOC(=O)C(NC(=O)c1ccc(CSC)cc1)C(=O)OCC. The van der Waals surface area contributed by atoms with Gasteiger partial charge in [0.2, 0.25) is 6.04 Å². The molecule has 1 aromatic rings. The Hall–Kier alpha value is -2.02. The van der Waals surface area contributed by atoms with Gasteiger partial charge in [-0.25, -0.2) is 9.59 Å². The van der Waals surface area contributed by atoms with Crippen molar-refractivity contribution in [2.75, 3.05) is 19.5 Å². The Labute approximate surface area is 139 Å². The lowest BCUT2D eigenvalue weighted by Gasteiger charge is -2.16. The number of ether oxygens (including phenoxy) is 2. The molecule has 0 bridgehead atoms. The van der Waals surface area contributed by atoms with Crippen molar-refractivity contribution < 1.29 is 23.9 Å². The topological polar surface area (TPSA) is 81.7 Å². The molecule has 126 valence electrons. The fraction of sp³-hybridized carbons (Fsp3) is 0.438. The minimum atomic E-state index is -1.46. The molecular formula is C16H21NO5S. The molecule has 0 aliphatic carbocycles. The average Bonchev–Trinajstić information content (AvgIpc) is 2.53. The van der Waals surface area contributed by atoms with Gasteiger partial charge in [-0.05, 0) is 37.8 Å². The third-order valence-electron chi connectivity index (χ3n) is 2.85. The molecule has 23 heavy (non-hydrogen) atoms. The molecule has 0 aliphatic heterocycles. The molecule has 0 unspecified atom stereocenters. The molecule has 0 saturated heterocycles. The minimum Gasteiger partial charge on any atom is -0.464 e. The van der Waals surface area contributed by atoms with Crippen LogP contribution in [0.2, 0.25) is 0 Å². The van der Waals surface area contributed by atoms with E-state index in [-0.39, 0.29) is 13.2 Å². The highest BCUT2D eigenvalue weighted by Gasteiger charge is 2.31. The lowest BCUT2D eigenvalue weighted by atomic mass is 10.1. The van der Waals surface area contributed by atoms with E-state index in [1.54, 1.807) is 37.7 Å². The zero-order valence-corrected chi connectivity index (χ0v) is 14.3. The van der Waals surface area contributed by atoms with E-state index in [4.69, 9.17) is 9.47 Å². The molecule has 0 fully saturated rings. The summed E-state index contributed by atoms with van der Waals surface area (Å²) in [5.74, 6) is -1.36. The number of thioether (sulfide) groups is 1. The van der Waals surface area contributed by atoms with Gasteiger partial charge in [0, 0.05) is 11.3 Å². The molecule has 1 rings (SSSR count). The van der Waals surface area contributed by atoms with Gasteiger partial charge in [-0.2, -0.15) is 11.8 Å². The Morgan fingerprint density at radius 2 is 1.57 bits per heavy atom. The van der Waals surface area contributed by atoms with Crippen LogP contribution in [-0.4, -0.2) is 43.4 Å². The third-order valence-corrected chi connectivity index (χ3v) is 3.47. The standard InChI is InChI=1S/C16H21NO5S/c1-4-21-15(19)13(16(20)22-5-2)17-14(18)12-8-6-11(7-9-12)10-23-3/h6-9,13H,4-5,10H2,1-3H3,(H,17,18). The smallest absolute Gasteiger partial charge is 0.340 e. The summed E-state index contributed by atoms with van der Waals surface area (Å²) in [6.07, 6.45) is 1.99. The monoisotopic (exact) mass is 339 g/mol. The van der Waals surface area contributed by atoms with E-state index >= 15 is 0 Å². The molecule has 1 amide bonds. The van der Waals surface area contributed by atoms with Crippen molar-refractivity contribution in [3.8, 4) is 0 Å². The Balaban J connectivity index is 2.82. The van der Waals surface area contributed by atoms with Gasteiger partial charge < -0.3 is 14.8 Å². The lowest BCUT2D eigenvalue weighted by Crippen LogP contribution is -2.48. The number of nitrogens with one attached hydrogen (secondary N) is 1. The second-order valence-corrected chi connectivity index (χ2v) is 5.41. The molecule has 0 radical (unpaired) electrons. The first-order valence-corrected chi connectivity index (χ1v) is 8.64. The predicted molar refractivity (Wildman–Crippen MR) is 88.2 cm³/mol. The molecule has 0 aliphatic rings. The van der Waals surface area contributed by atoms with Crippen molar-refractivity contribution in [2.45, 2.75) is 25.6 Å². The van der Waals surface area contributed by atoms with Gasteiger partial charge in [0.05, 0.1) is 13.2 Å². The van der Waals surface area contributed by atoms with Crippen LogP contribution >= 0.6 is 11.8 Å². The van der Waals surface area contributed by atoms with E-state index in [9.17, 15) is 14.4 Å². The lowest BCUT2D eigenvalue weighted by molar-refractivity contribution is -0.157.